The summed E-state index contributed by atoms with van der Waals surface area (Å²) in [7, 11) is 0. The van der Waals surface area contributed by atoms with Crippen LogP contribution in [0.15, 0.2) is 24.3 Å². The summed E-state index contributed by atoms with van der Waals surface area (Å²) in [6.45, 7) is 7.48. The molecular weight excluding hydrogens is 262 g/mol. The molecule has 0 radical (unpaired) electrons. The Morgan fingerprint density at radius 3 is 2.71 bits per heavy atom. The predicted molar refractivity (Wildman–Crippen MR) is 83.6 cm³/mol. The third kappa shape index (κ3) is 2.65. The van der Waals surface area contributed by atoms with Gasteiger partial charge >= 0.3 is 0 Å². The van der Waals surface area contributed by atoms with Gasteiger partial charge in [0, 0.05) is 19.5 Å². The minimum atomic E-state index is -0.325. The van der Waals surface area contributed by atoms with Crippen LogP contribution in [0.5, 0.6) is 0 Å². The molecule has 0 bridgehead atoms. The Balaban J connectivity index is 1.69. The minimum absolute atomic E-state index is 0.325. The van der Waals surface area contributed by atoms with Gasteiger partial charge in [0.25, 0.3) is 0 Å². The Labute approximate surface area is 127 Å². The molecule has 0 saturated carbocycles. The van der Waals surface area contributed by atoms with E-state index in [4.69, 9.17) is 4.74 Å². The molecule has 1 saturated heterocycles. The number of ether oxygens (including phenoxy) is 1. The van der Waals surface area contributed by atoms with Crippen molar-refractivity contribution in [2.45, 2.75) is 44.6 Å². The second kappa shape index (κ2) is 5.90. The lowest BCUT2D eigenvalue weighted by Crippen LogP contribution is -2.56. The average Bonchev–Trinajstić information content (AvgIpc) is 2.52. The van der Waals surface area contributed by atoms with E-state index in [0.29, 0.717) is 18.1 Å². The molecule has 1 aromatic rings. The van der Waals surface area contributed by atoms with Gasteiger partial charge < -0.3 is 4.74 Å². The lowest BCUT2D eigenvalue weighted by molar-refractivity contribution is -0.134. The van der Waals surface area contributed by atoms with E-state index in [1.54, 1.807) is 0 Å². The summed E-state index contributed by atoms with van der Waals surface area (Å²) >= 11 is 0. The van der Waals surface area contributed by atoms with E-state index in [2.05, 4.69) is 43.0 Å². The van der Waals surface area contributed by atoms with Crippen LogP contribution in [0.1, 0.15) is 43.7 Å². The highest BCUT2D eigenvalue weighted by atomic mass is 16.5. The zero-order chi connectivity index (χ0) is 14.9. The number of rotatable bonds is 5. The number of hydrogen-bond acceptors (Lipinski definition) is 3. The fourth-order valence-electron chi connectivity index (χ4n) is 3.64. The molecular formula is C18H25NO2. The molecule has 1 aromatic carbocycles. The minimum Gasteiger partial charge on any atom is -0.379 e. The van der Waals surface area contributed by atoms with E-state index in [1.165, 1.54) is 11.1 Å². The summed E-state index contributed by atoms with van der Waals surface area (Å²) < 4.78 is 5.43. The van der Waals surface area contributed by atoms with Crippen LogP contribution < -0.4 is 0 Å². The van der Waals surface area contributed by atoms with Gasteiger partial charge in [-0.15, -0.1) is 0 Å². The second-order valence-electron chi connectivity index (χ2n) is 6.45. The van der Waals surface area contributed by atoms with E-state index in [1.807, 2.05) is 0 Å². The van der Waals surface area contributed by atoms with Crippen LogP contribution in [-0.4, -0.2) is 42.5 Å². The number of fused-ring (bicyclic) bond motifs is 1. The molecule has 114 valence electrons. The van der Waals surface area contributed by atoms with Crippen LogP contribution in [0, 0.1) is 0 Å². The highest BCUT2D eigenvalue weighted by Crippen LogP contribution is 2.39. The van der Waals surface area contributed by atoms with E-state index in [9.17, 15) is 4.79 Å². The molecule has 0 spiro atoms. The number of benzene rings is 1. The molecule has 2 unspecified atom stereocenters. The summed E-state index contributed by atoms with van der Waals surface area (Å²) in [5, 5.41) is 0. The molecule has 1 aliphatic carbocycles. The Kier molecular flexibility index (Phi) is 4.14. The summed E-state index contributed by atoms with van der Waals surface area (Å²) in [5.41, 5.74) is 2.47. The second-order valence-corrected chi connectivity index (χ2v) is 6.45. The van der Waals surface area contributed by atoms with Crippen molar-refractivity contribution in [3.63, 3.8) is 0 Å². The van der Waals surface area contributed by atoms with E-state index >= 15 is 0 Å². The van der Waals surface area contributed by atoms with Gasteiger partial charge in [-0.1, -0.05) is 31.2 Å². The van der Waals surface area contributed by atoms with Crippen molar-refractivity contribution in [3.8, 4) is 0 Å². The maximum absolute atomic E-state index is 12.9. The first-order valence-corrected chi connectivity index (χ1v) is 8.09. The summed E-state index contributed by atoms with van der Waals surface area (Å²) in [6.07, 6.45) is 2.61. The molecule has 2 atom stereocenters. The van der Waals surface area contributed by atoms with Gasteiger partial charge in [-0.2, -0.15) is 0 Å². The number of Topliss-reactive ketones (excluding diaryl/α,β-unsaturated/α-hetero) is 1. The molecule has 3 heteroatoms. The van der Waals surface area contributed by atoms with Crippen molar-refractivity contribution < 1.29 is 9.53 Å². The van der Waals surface area contributed by atoms with Crippen molar-refractivity contribution in [1.82, 2.24) is 4.90 Å². The maximum atomic E-state index is 12.9. The number of nitrogens with zero attached hydrogens (tertiary/aromatic N) is 1. The summed E-state index contributed by atoms with van der Waals surface area (Å²) in [4.78, 5) is 15.2. The fourth-order valence-corrected chi connectivity index (χ4v) is 3.64. The molecule has 2 aliphatic rings. The van der Waals surface area contributed by atoms with Crippen molar-refractivity contribution in [2.75, 3.05) is 26.3 Å². The largest absolute Gasteiger partial charge is 0.379 e. The van der Waals surface area contributed by atoms with Crippen molar-refractivity contribution in [1.29, 1.82) is 0 Å². The first kappa shape index (κ1) is 14.7. The van der Waals surface area contributed by atoms with E-state index < -0.39 is 0 Å². The van der Waals surface area contributed by atoms with Crippen LogP contribution in [0.3, 0.4) is 0 Å². The maximum Gasteiger partial charge on any atom is 0.153 e. The van der Waals surface area contributed by atoms with Gasteiger partial charge in [-0.05, 0) is 36.8 Å². The molecule has 21 heavy (non-hydrogen) atoms. The Morgan fingerprint density at radius 2 is 2.05 bits per heavy atom. The van der Waals surface area contributed by atoms with Gasteiger partial charge in [-0.3, -0.25) is 9.69 Å². The third-order valence-electron chi connectivity index (χ3n) is 5.39. The van der Waals surface area contributed by atoms with Crippen molar-refractivity contribution in [2.24, 2.45) is 0 Å². The van der Waals surface area contributed by atoms with Gasteiger partial charge in [0.1, 0.15) is 0 Å². The number of hydrogen-bond donors (Lipinski definition) is 0. The van der Waals surface area contributed by atoms with Crippen molar-refractivity contribution in [3.05, 3.63) is 35.4 Å². The highest BCUT2D eigenvalue weighted by molar-refractivity contribution is 5.89. The van der Waals surface area contributed by atoms with E-state index in [-0.39, 0.29) is 5.54 Å². The first-order chi connectivity index (χ1) is 10.1. The average molecular weight is 287 g/mol. The van der Waals surface area contributed by atoms with Crippen LogP contribution >= 0.6 is 0 Å². The Bertz CT molecular complexity index is 522. The van der Waals surface area contributed by atoms with Crippen LogP contribution in [0.25, 0.3) is 0 Å². The molecule has 0 N–H and O–H groups in total. The third-order valence-corrected chi connectivity index (χ3v) is 5.39. The number of carbonyl (C=O) groups is 1. The molecule has 1 aliphatic heterocycles. The van der Waals surface area contributed by atoms with Gasteiger partial charge in [0.2, 0.25) is 0 Å². The van der Waals surface area contributed by atoms with Crippen LogP contribution in [0.4, 0.5) is 0 Å². The molecule has 3 rings (SSSR count). The number of morpholine rings is 1. The highest BCUT2D eigenvalue weighted by Gasteiger charge is 2.40. The van der Waals surface area contributed by atoms with E-state index in [0.717, 1.165) is 39.1 Å². The molecule has 0 aromatic heterocycles. The molecule has 3 nitrogen and oxygen atoms in total. The van der Waals surface area contributed by atoms with Crippen LogP contribution in [0.2, 0.25) is 0 Å². The summed E-state index contributed by atoms with van der Waals surface area (Å²) in [5.74, 6) is 0.826. The Hall–Kier alpha value is -1.19. The smallest absolute Gasteiger partial charge is 0.153 e. The Morgan fingerprint density at radius 1 is 1.33 bits per heavy atom. The lowest BCUT2D eigenvalue weighted by Gasteiger charge is -2.43. The topological polar surface area (TPSA) is 29.5 Å². The molecule has 1 heterocycles. The zero-order valence-corrected chi connectivity index (χ0v) is 13.1. The predicted octanol–water partition coefficient (Wildman–Crippen LogP) is 2.79. The first-order valence-electron chi connectivity index (χ1n) is 8.09. The van der Waals surface area contributed by atoms with Gasteiger partial charge in [0.15, 0.2) is 5.78 Å². The number of carbonyl (C=O) groups excluding carboxylic acids is 1. The number of ketones is 1. The normalized spacial score (nSPS) is 24.8. The van der Waals surface area contributed by atoms with Gasteiger partial charge in [0.05, 0.1) is 18.8 Å². The SMILES string of the molecule is CCC(C)(C(=O)CC1Cc2ccccc21)N1CCOCC1. The van der Waals surface area contributed by atoms with Crippen molar-refractivity contribution >= 4 is 5.78 Å². The monoisotopic (exact) mass is 287 g/mol. The van der Waals surface area contributed by atoms with Gasteiger partial charge in [-0.25, -0.2) is 0 Å². The van der Waals surface area contributed by atoms with Crippen LogP contribution in [-0.2, 0) is 16.0 Å². The standard InChI is InChI=1S/C18H25NO2/c1-3-18(2,19-8-10-21-11-9-19)17(20)13-15-12-14-6-4-5-7-16(14)15/h4-7,15H,3,8-13H2,1-2H3. The zero-order valence-electron chi connectivity index (χ0n) is 13.1. The molecule has 0 amide bonds. The molecule has 1 fully saturated rings. The fraction of sp³-hybridized carbons (Fsp3) is 0.611. The quantitative estimate of drug-likeness (QED) is 0.834. The lowest BCUT2D eigenvalue weighted by atomic mass is 9.72. The summed E-state index contributed by atoms with van der Waals surface area (Å²) in [6, 6.07) is 8.52.